The quantitative estimate of drug-likeness (QED) is 0.121. The third-order valence-electron chi connectivity index (χ3n) is 4.54. The van der Waals surface area contributed by atoms with Crippen LogP contribution >= 0.6 is 0 Å². The molecule has 37 heavy (non-hydrogen) atoms. The highest BCUT2D eigenvalue weighted by Gasteiger charge is 2.20. The van der Waals surface area contributed by atoms with Gasteiger partial charge in [-0.3, -0.25) is 4.79 Å². The third-order valence-corrected chi connectivity index (χ3v) is 4.54. The summed E-state index contributed by atoms with van der Waals surface area (Å²) < 4.78 is 32.3. The molecule has 0 aliphatic carbocycles. The molecule has 0 radical (unpaired) electrons. The molecule has 1 amide bonds. The van der Waals surface area contributed by atoms with Crippen molar-refractivity contribution in [1.29, 1.82) is 0 Å². The number of amides is 1. The van der Waals surface area contributed by atoms with Crippen molar-refractivity contribution in [2.75, 3.05) is 40.0 Å². The highest BCUT2D eigenvalue weighted by molar-refractivity contribution is 5.69. The molecule has 0 unspecified atom stereocenters. The Morgan fingerprint density at radius 1 is 0.649 bits per heavy atom. The average Bonchev–Trinajstić information content (AvgIpc) is 2.75. The van der Waals surface area contributed by atoms with E-state index in [0.717, 1.165) is 32.1 Å². The van der Waals surface area contributed by atoms with E-state index in [0.29, 0.717) is 39.4 Å². The van der Waals surface area contributed by atoms with E-state index in [1.807, 2.05) is 69.2 Å². The van der Waals surface area contributed by atoms with E-state index < -0.39 is 11.2 Å². The van der Waals surface area contributed by atoms with E-state index in [1.165, 1.54) is 0 Å². The van der Waals surface area contributed by atoms with Crippen LogP contribution in [-0.2, 0) is 33.2 Å². The van der Waals surface area contributed by atoms with Crippen LogP contribution in [0.15, 0.2) is 0 Å². The van der Waals surface area contributed by atoms with Gasteiger partial charge >= 0.3 is 12.1 Å². The number of carbonyl (C=O) groups is 2. The Hall–Kier alpha value is -1.42. The van der Waals surface area contributed by atoms with Gasteiger partial charge in [-0.15, -0.1) is 0 Å². The predicted octanol–water partition coefficient (Wildman–Crippen LogP) is 6.32. The van der Waals surface area contributed by atoms with Gasteiger partial charge in [0.05, 0.1) is 0 Å². The van der Waals surface area contributed by atoms with Gasteiger partial charge in [-0.1, -0.05) is 0 Å². The van der Waals surface area contributed by atoms with Crippen molar-refractivity contribution < 1.29 is 38.0 Å². The maximum atomic E-state index is 11.7. The first-order valence-electron chi connectivity index (χ1n) is 13.8. The largest absolute Gasteiger partial charge is 0.460 e. The van der Waals surface area contributed by atoms with Gasteiger partial charge in [-0.2, -0.15) is 0 Å². The smallest absolute Gasteiger partial charge is 0.410 e. The van der Waals surface area contributed by atoms with Gasteiger partial charge in [0.15, 0.2) is 12.6 Å². The first-order valence-corrected chi connectivity index (χ1v) is 13.8. The number of esters is 1. The molecule has 0 aromatic heterocycles. The van der Waals surface area contributed by atoms with Crippen LogP contribution in [0.3, 0.4) is 0 Å². The molecule has 9 nitrogen and oxygen atoms in total. The van der Waals surface area contributed by atoms with Crippen LogP contribution in [0.25, 0.3) is 0 Å². The Morgan fingerprint density at radius 2 is 1.05 bits per heavy atom. The van der Waals surface area contributed by atoms with Crippen molar-refractivity contribution in [3.63, 3.8) is 0 Å². The fourth-order valence-electron chi connectivity index (χ4n) is 3.07. The second kappa shape index (κ2) is 21.5. The van der Waals surface area contributed by atoms with Crippen LogP contribution < -0.4 is 0 Å². The van der Waals surface area contributed by atoms with Crippen molar-refractivity contribution in [3.05, 3.63) is 0 Å². The first-order chi connectivity index (χ1) is 17.2. The molecule has 0 aliphatic rings. The summed E-state index contributed by atoms with van der Waals surface area (Å²) in [6, 6.07) is 0. The topological polar surface area (TPSA) is 92.8 Å². The Labute approximate surface area is 226 Å². The molecular formula is C28H57NO8. The van der Waals surface area contributed by atoms with Gasteiger partial charge in [0.25, 0.3) is 0 Å². The molecule has 0 spiro atoms. The number of ether oxygens (including phenoxy) is 6. The third kappa shape index (κ3) is 26.0. The minimum atomic E-state index is -0.454. The van der Waals surface area contributed by atoms with Gasteiger partial charge in [0, 0.05) is 52.9 Å². The van der Waals surface area contributed by atoms with Gasteiger partial charge < -0.3 is 33.3 Å². The number of nitrogens with zero attached hydrogens (tertiary/aromatic N) is 1. The minimum Gasteiger partial charge on any atom is -0.460 e. The van der Waals surface area contributed by atoms with Gasteiger partial charge in [0.2, 0.25) is 0 Å². The summed E-state index contributed by atoms with van der Waals surface area (Å²) >= 11 is 0. The van der Waals surface area contributed by atoms with Crippen molar-refractivity contribution in [1.82, 2.24) is 4.90 Å². The SMILES string of the molecule is CCOC(CCCCC(=O)OC(C)(C)C)OCC.CCOC(CCCN(C)C(=O)OC(C)(C)C)OCC. The van der Waals surface area contributed by atoms with Crippen molar-refractivity contribution in [2.45, 2.75) is 132 Å². The van der Waals surface area contributed by atoms with E-state index in [4.69, 9.17) is 28.4 Å². The monoisotopic (exact) mass is 535 g/mol. The number of unbranched alkanes of at least 4 members (excludes halogenated alkanes) is 1. The van der Waals surface area contributed by atoms with Gasteiger partial charge in [0.1, 0.15) is 11.2 Å². The highest BCUT2D eigenvalue weighted by Crippen LogP contribution is 2.13. The maximum Gasteiger partial charge on any atom is 0.410 e. The van der Waals surface area contributed by atoms with Crippen molar-refractivity contribution in [3.8, 4) is 0 Å². The Balaban J connectivity index is 0. The first kappa shape index (κ1) is 37.7. The van der Waals surface area contributed by atoms with Gasteiger partial charge in [-0.25, -0.2) is 4.79 Å². The van der Waals surface area contributed by atoms with Crippen LogP contribution in [0.2, 0.25) is 0 Å². The predicted molar refractivity (Wildman–Crippen MR) is 146 cm³/mol. The molecule has 0 heterocycles. The maximum absolute atomic E-state index is 11.7. The summed E-state index contributed by atoms with van der Waals surface area (Å²) in [7, 11) is 1.74. The lowest BCUT2D eigenvalue weighted by atomic mass is 10.1. The molecule has 222 valence electrons. The highest BCUT2D eigenvalue weighted by atomic mass is 16.7. The molecule has 0 saturated carbocycles. The molecular weight excluding hydrogens is 478 g/mol. The number of carbonyl (C=O) groups excluding carboxylic acids is 2. The summed E-state index contributed by atoms with van der Waals surface area (Å²) in [6.45, 7) is 22.2. The van der Waals surface area contributed by atoms with Crippen LogP contribution in [0, 0.1) is 0 Å². The van der Waals surface area contributed by atoms with E-state index in [2.05, 4.69) is 0 Å². The lowest BCUT2D eigenvalue weighted by molar-refractivity contribution is -0.155. The molecule has 0 atom stereocenters. The van der Waals surface area contributed by atoms with Crippen LogP contribution in [0.4, 0.5) is 4.79 Å². The molecule has 0 rings (SSSR count). The lowest BCUT2D eigenvalue weighted by Crippen LogP contribution is -2.35. The number of hydrogen-bond acceptors (Lipinski definition) is 8. The number of rotatable bonds is 17. The Kier molecular flexibility index (Phi) is 21.9. The normalized spacial score (nSPS) is 11.8. The van der Waals surface area contributed by atoms with E-state index in [9.17, 15) is 9.59 Å². The Morgan fingerprint density at radius 3 is 1.43 bits per heavy atom. The Bertz CT molecular complexity index is 560. The average molecular weight is 536 g/mol. The molecule has 0 fully saturated rings. The second-order valence-corrected chi connectivity index (χ2v) is 10.6. The summed E-state index contributed by atoms with van der Waals surface area (Å²) in [4.78, 5) is 24.8. The van der Waals surface area contributed by atoms with E-state index in [1.54, 1.807) is 11.9 Å². The standard InChI is InChI=1S/C14H29NO4.C14H28O4/c1-7-17-12(18-8-2)10-9-11-15(6)13(16)19-14(3,4)5;1-6-16-13(17-7-2)11-9-8-10-12(15)18-14(3,4)5/h12H,7-11H2,1-6H3;13H,6-11H2,1-5H3. The van der Waals surface area contributed by atoms with E-state index >= 15 is 0 Å². The van der Waals surface area contributed by atoms with Crippen LogP contribution in [-0.4, -0.2) is 80.8 Å². The van der Waals surface area contributed by atoms with Gasteiger partial charge in [-0.05, 0) is 94.9 Å². The molecule has 0 N–H and O–H groups in total. The molecule has 0 bridgehead atoms. The van der Waals surface area contributed by atoms with E-state index in [-0.39, 0.29) is 24.6 Å². The molecule has 0 aliphatic heterocycles. The van der Waals surface area contributed by atoms with Crippen LogP contribution in [0.5, 0.6) is 0 Å². The lowest BCUT2D eigenvalue weighted by Gasteiger charge is -2.25. The summed E-state index contributed by atoms with van der Waals surface area (Å²) in [5.74, 6) is -0.133. The second-order valence-electron chi connectivity index (χ2n) is 10.6. The minimum absolute atomic E-state index is 0.133. The molecule has 0 saturated heterocycles. The summed E-state index contributed by atoms with van der Waals surface area (Å²) in [5, 5.41) is 0. The zero-order valence-corrected chi connectivity index (χ0v) is 25.6. The fraction of sp³-hybridized carbons (Fsp3) is 0.929. The zero-order chi connectivity index (χ0) is 28.9. The van der Waals surface area contributed by atoms with Crippen molar-refractivity contribution >= 4 is 12.1 Å². The fourth-order valence-corrected chi connectivity index (χ4v) is 3.07. The summed E-state index contributed by atoms with van der Waals surface area (Å²) in [5.41, 5.74) is -0.846. The summed E-state index contributed by atoms with van der Waals surface area (Å²) in [6.07, 6.45) is 3.98. The molecule has 9 heteroatoms. The van der Waals surface area contributed by atoms with Crippen molar-refractivity contribution in [2.24, 2.45) is 0 Å². The zero-order valence-electron chi connectivity index (χ0n) is 25.6. The molecule has 0 aromatic carbocycles. The molecule has 0 aromatic rings. The number of hydrogen-bond donors (Lipinski definition) is 0. The van der Waals surface area contributed by atoms with Crippen LogP contribution in [0.1, 0.15) is 108 Å².